The van der Waals surface area contributed by atoms with Crippen LogP contribution in [0.4, 0.5) is 4.79 Å². The third-order valence-corrected chi connectivity index (χ3v) is 5.65. The van der Waals surface area contributed by atoms with Crippen molar-refractivity contribution in [3.63, 3.8) is 0 Å². The summed E-state index contributed by atoms with van der Waals surface area (Å²) in [5, 5.41) is 3.53. The molecule has 31 heavy (non-hydrogen) atoms. The molecule has 2 aromatic rings. The lowest BCUT2D eigenvalue weighted by molar-refractivity contribution is -0.144. The number of hydrogen-bond acceptors (Lipinski definition) is 6. The third-order valence-electron chi connectivity index (χ3n) is 5.09. The molecule has 3 rings (SSSR count). The van der Waals surface area contributed by atoms with E-state index in [0.717, 1.165) is 5.69 Å². The molecule has 0 spiro atoms. The molecule has 2 atom stereocenters. The Morgan fingerprint density at radius 2 is 2.06 bits per heavy atom. The van der Waals surface area contributed by atoms with Gasteiger partial charge in [-0.25, -0.2) is 14.6 Å². The first-order valence-corrected chi connectivity index (χ1v) is 10.3. The van der Waals surface area contributed by atoms with Crippen molar-refractivity contribution >= 4 is 41.2 Å². The molecule has 2 N–H and O–H groups in total. The fourth-order valence-corrected chi connectivity index (χ4v) is 4.03. The highest BCUT2D eigenvalue weighted by atomic mass is 35.5. The number of urea groups is 1. The van der Waals surface area contributed by atoms with Crippen molar-refractivity contribution < 1.29 is 23.9 Å². The SMILES string of the molecule is COC(=O)CC[C@H](NC(=O)N1CCc2[nH]cnc2[C@H]1c1ccc(Cl)cc1Cl)C(=O)OC. The van der Waals surface area contributed by atoms with Crippen molar-refractivity contribution in [2.45, 2.75) is 31.3 Å². The lowest BCUT2D eigenvalue weighted by Crippen LogP contribution is -2.51. The van der Waals surface area contributed by atoms with Crippen molar-refractivity contribution in [2.24, 2.45) is 0 Å². The van der Waals surface area contributed by atoms with Gasteiger partial charge in [-0.15, -0.1) is 0 Å². The number of ether oxygens (including phenoxy) is 2. The quantitative estimate of drug-likeness (QED) is 0.629. The van der Waals surface area contributed by atoms with Gasteiger partial charge in [-0.3, -0.25) is 4.79 Å². The third kappa shape index (κ3) is 5.11. The summed E-state index contributed by atoms with van der Waals surface area (Å²) in [6, 6.07) is 2.92. The molecule has 1 aliphatic rings. The first-order valence-electron chi connectivity index (χ1n) is 9.54. The van der Waals surface area contributed by atoms with E-state index in [4.69, 9.17) is 27.9 Å². The Labute approximate surface area is 189 Å². The molecule has 0 radical (unpaired) electrons. The van der Waals surface area contributed by atoms with Gasteiger partial charge in [0, 0.05) is 35.1 Å². The number of carbonyl (C=O) groups is 3. The number of nitrogens with zero attached hydrogens (tertiary/aromatic N) is 2. The maximum atomic E-state index is 13.2. The predicted molar refractivity (Wildman–Crippen MR) is 113 cm³/mol. The highest BCUT2D eigenvalue weighted by molar-refractivity contribution is 6.35. The average Bonchev–Trinajstić information content (AvgIpc) is 3.24. The van der Waals surface area contributed by atoms with Crippen molar-refractivity contribution in [2.75, 3.05) is 20.8 Å². The summed E-state index contributed by atoms with van der Waals surface area (Å²) in [6.07, 6.45) is 2.11. The molecule has 0 aliphatic carbocycles. The number of H-pyrrole nitrogens is 1. The summed E-state index contributed by atoms with van der Waals surface area (Å²) in [5.41, 5.74) is 2.21. The molecule has 0 bridgehead atoms. The number of nitrogens with one attached hydrogen (secondary N) is 2. The van der Waals surface area contributed by atoms with Crippen LogP contribution in [0.2, 0.25) is 10.0 Å². The number of carbonyl (C=O) groups excluding carboxylic acids is 3. The van der Waals surface area contributed by atoms with Gasteiger partial charge in [0.2, 0.25) is 0 Å². The Morgan fingerprint density at radius 3 is 2.74 bits per heavy atom. The van der Waals surface area contributed by atoms with Crippen LogP contribution in [0, 0.1) is 0 Å². The topological polar surface area (TPSA) is 114 Å². The number of aromatic amines is 1. The van der Waals surface area contributed by atoms with Gasteiger partial charge in [0.1, 0.15) is 12.1 Å². The number of fused-ring (bicyclic) bond motifs is 1. The number of imidazole rings is 1. The van der Waals surface area contributed by atoms with Crippen LogP contribution in [-0.2, 0) is 25.5 Å². The summed E-state index contributed by atoms with van der Waals surface area (Å²) in [4.78, 5) is 45.9. The van der Waals surface area contributed by atoms with Crippen molar-refractivity contribution in [1.29, 1.82) is 0 Å². The molecule has 1 aliphatic heterocycles. The zero-order valence-corrected chi connectivity index (χ0v) is 18.5. The van der Waals surface area contributed by atoms with Crippen LogP contribution in [0.3, 0.4) is 0 Å². The monoisotopic (exact) mass is 468 g/mol. The summed E-state index contributed by atoms with van der Waals surface area (Å²) in [7, 11) is 2.47. The molecule has 0 unspecified atom stereocenters. The van der Waals surface area contributed by atoms with E-state index in [2.05, 4.69) is 20.0 Å². The lowest BCUT2D eigenvalue weighted by Gasteiger charge is -2.36. The zero-order chi connectivity index (χ0) is 22.5. The molecular formula is C20H22Cl2N4O5. The van der Waals surface area contributed by atoms with Crippen molar-refractivity contribution in [1.82, 2.24) is 20.2 Å². The number of amides is 2. The van der Waals surface area contributed by atoms with Crippen LogP contribution in [0.15, 0.2) is 24.5 Å². The molecule has 0 saturated heterocycles. The van der Waals surface area contributed by atoms with Gasteiger partial charge in [-0.05, 0) is 24.1 Å². The van der Waals surface area contributed by atoms with E-state index in [1.54, 1.807) is 29.4 Å². The Kier molecular flexibility index (Phi) is 7.40. The largest absolute Gasteiger partial charge is 0.469 e. The highest BCUT2D eigenvalue weighted by Crippen LogP contribution is 2.37. The van der Waals surface area contributed by atoms with E-state index in [-0.39, 0.29) is 12.8 Å². The molecule has 9 nitrogen and oxygen atoms in total. The second-order valence-corrected chi connectivity index (χ2v) is 7.76. The fourth-order valence-electron chi connectivity index (χ4n) is 3.52. The van der Waals surface area contributed by atoms with E-state index < -0.39 is 30.1 Å². The molecule has 1 aromatic carbocycles. The lowest BCUT2D eigenvalue weighted by atomic mass is 9.96. The second-order valence-electron chi connectivity index (χ2n) is 6.92. The number of hydrogen-bond donors (Lipinski definition) is 2. The minimum atomic E-state index is -1.02. The second kappa shape index (κ2) is 10.0. The van der Waals surface area contributed by atoms with Gasteiger partial charge in [0.05, 0.1) is 26.2 Å². The van der Waals surface area contributed by atoms with Crippen molar-refractivity contribution in [3.05, 3.63) is 51.5 Å². The van der Waals surface area contributed by atoms with Crippen LogP contribution in [0.5, 0.6) is 0 Å². The predicted octanol–water partition coefficient (Wildman–Crippen LogP) is 2.87. The summed E-state index contributed by atoms with van der Waals surface area (Å²) in [6.45, 7) is 0.357. The van der Waals surface area contributed by atoms with Gasteiger partial charge in [-0.2, -0.15) is 0 Å². The minimum Gasteiger partial charge on any atom is -0.469 e. The fraction of sp³-hybridized carbons (Fsp3) is 0.400. The number of esters is 2. The van der Waals surface area contributed by atoms with Crippen LogP contribution >= 0.6 is 23.2 Å². The number of aromatic nitrogens is 2. The van der Waals surface area contributed by atoms with Gasteiger partial charge >= 0.3 is 18.0 Å². The van der Waals surface area contributed by atoms with E-state index in [0.29, 0.717) is 34.3 Å². The normalized spacial score (nSPS) is 16.3. The van der Waals surface area contributed by atoms with Gasteiger partial charge in [0.25, 0.3) is 0 Å². The van der Waals surface area contributed by atoms with Crippen LogP contribution < -0.4 is 5.32 Å². The summed E-state index contributed by atoms with van der Waals surface area (Å²) < 4.78 is 9.39. The van der Waals surface area contributed by atoms with Gasteiger partial charge in [-0.1, -0.05) is 29.3 Å². The number of benzene rings is 1. The Bertz CT molecular complexity index is 980. The Morgan fingerprint density at radius 1 is 1.29 bits per heavy atom. The highest BCUT2D eigenvalue weighted by Gasteiger charge is 2.36. The Balaban J connectivity index is 1.88. The molecule has 1 aromatic heterocycles. The molecule has 2 heterocycles. The standard InChI is InChI=1S/C20H22Cl2N4O5/c1-30-16(27)6-5-15(19(28)31-2)25-20(29)26-8-7-14-17(24-10-23-14)18(26)12-4-3-11(21)9-13(12)22/h3-4,9-10,15,18H,5-8H2,1-2H3,(H,23,24)(H,25,29)/t15-,18+/m0/s1. The van der Waals surface area contributed by atoms with E-state index in [1.165, 1.54) is 14.2 Å². The number of methoxy groups -OCH3 is 2. The van der Waals surface area contributed by atoms with E-state index in [1.807, 2.05) is 0 Å². The summed E-state index contributed by atoms with van der Waals surface area (Å²) in [5.74, 6) is -1.15. The van der Waals surface area contributed by atoms with Crippen LogP contribution in [0.25, 0.3) is 0 Å². The maximum absolute atomic E-state index is 13.2. The van der Waals surface area contributed by atoms with E-state index in [9.17, 15) is 14.4 Å². The molecule has 0 saturated carbocycles. The van der Waals surface area contributed by atoms with Crippen LogP contribution in [-0.4, -0.2) is 59.6 Å². The Hall–Kier alpha value is -2.78. The van der Waals surface area contributed by atoms with Crippen molar-refractivity contribution in [3.8, 4) is 0 Å². The molecule has 2 amide bonds. The maximum Gasteiger partial charge on any atom is 0.328 e. The van der Waals surface area contributed by atoms with Crippen LogP contribution in [0.1, 0.15) is 35.8 Å². The first-order chi connectivity index (χ1) is 14.8. The minimum absolute atomic E-state index is 0.0406. The molecular weight excluding hydrogens is 447 g/mol. The van der Waals surface area contributed by atoms with Gasteiger partial charge in [0.15, 0.2) is 0 Å². The van der Waals surface area contributed by atoms with Gasteiger partial charge < -0.3 is 24.7 Å². The molecule has 0 fully saturated rings. The number of halogens is 2. The average molecular weight is 469 g/mol. The first kappa shape index (κ1) is 22.9. The smallest absolute Gasteiger partial charge is 0.328 e. The summed E-state index contributed by atoms with van der Waals surface area (Å²) >= 11 is 12.5. The number of rotatable bonds is 6. The zero-order valence-electron chi connectivity index (χ0n) is 17.0. The molecule has 11 heteroatoms. The van der Waals surface area contributed by atoms with E-state index >= 15 is 0 Å². The molecule has 166 valence electrons.